The molecule has 0 saturated carbocycles. The van der Waals surface area contributed by atoms with Crippen molar-refractivity contribution in [2.24, 2.45) is 0 Å². The van der Waals surface area contributed by atoms with E-state index in [1.807, 2.05) is 24.3 Å². The molecule has 1 aromatic rings. The largest absolute Gasteiger partial charge is 0.481 e. The Morgan fingerprint density at radius 3 is 2.37 bits per heavy atom. The molecule has 5 heteroatoms. The maximum Gasteiger partial charge on any atom is 0.303 e. The molecule has 0 heterocycles. The van der Waals surface area contributed by atoms with Gasteiger partial charge in [0.2, 0.25) is 0 Å². The summed E-state index contributed by atoms with van der Waals surface area (Å²) in [5.74, 6) is 0.330. The maximum absolute atomic E-state index is 10.6. The molecular formula is C14H19Cl2NO2. The van der Waals surface area contributed by atoms with Gasteiger partial charge in [-0.15, -0.1) is 23.2 Å². The van der Waals surface area contributed by atoms with Gasteiger partial charge in [0, 0.05) is 37.0 Å². The van der Waals surface area contributed by atoms with Crippen molar-refractivity contribution in [1.82, 2.24) is 0 Å². The van der Waals surface area contributed by atoms with Gasteiger partial charge in [0.05, 0.1) is 0 Å². The van der Waals surface area contributed by atoms with E-state index in [2.05, 4.69) is 4.90 Å². The molecule has 106 valence electrons. The number of aryl methyl sites for hydroxylation is 1. The van der Waals surface area contributed by atoms with Gasteiger partial charge in [-0.3, -0.25) is 4.79 Å². The number of halogens is 2. The summed E-state index contributed by atoms with van der Waals surface area (Å²) in [5, 5.41) is 8.69. The van der Waals surface area contributed by atoms with Crippen LogP contribution in [-0.2, 0) is 11.2 Å². The maximum atomic E-state index is 10.6. The van der Waals surface area contributed by atoms with E-state index >= 15 is 0 Å². The number of rotatable bonds is 9. The van der Waals surface area contributed by atoms with Crippen LogP contribution in [0.25, 0.3) is 0 Å². The number of carbonyl (C=O) groups is 1. The molecule has 0 bridgehead atoms. The summed E-state index contributed by atoms with van der Waals surface area (Å²) in [5.41, 5.74) is 2.26. The van der Waals surface area contributed by atoms with E-state index in [0.29, 0.717) is 18.2 Å². The van der Waals surface area contributed by atoms with E-state index in [0.717, 1.165) is 30.8 Å². The van der Waals surface area contributed by atoms with Gasteiger partial charge >= 0.3 is 5.97 Å². The standard InChI is InChI=1S/C14H19Cl2NO2/c15-8-10-17(11-9-16)13-6-2-1-4-12(13)5-3-7-14(18)19/h1-2,4,6H,3,5,7-11H2,(H,18,19). The highest BCUT2D eigenvalue weighted by molar-refractivity contribution is 6.18. The van der Waals surface area contributed by atoms with Crippen molar-refractivity contribution in [3.8, 4) is 0 Å². The number of para-hydroxylation sites is 1. The van der Waals surface area contributed by atoms with Crippen LogP contribution in [0.15, 0.2) is 24.3 Å². The first-order valence-electron chi connectivity index (χ1n) is 6.35. The van der Waals surface area contributed by atoms with Crippen molar-refractivity contribution in [3.05, 3.63) is 29.8 Å². The minimum absolute atomic E-state index is 0.194. The number of nitrogens with zero attached hydrogens (tertiary/aromatic N) is 1. The van der Waals surface area contributed by atoms with Gasteiger partial charge in [-0.05, 0) is 24.5 Å². The zero-order chi connectivity index (χ0) is 14.1. The fourth-order valence-corrected chi connectivity index (χ4v) is 2.43. The Labute approximate surface area is 124 Å². The first-order chi connectivity index (χ1) is 9.19. The van der Waals surface area contributed by atoms with Crippen LogP contribution >= 0.6 is 23.2 Å². The molecule has 3 nitrogen and oxygen atoms in total. The lowest BCUT2D eigenvalue weighted by atomic mass is 10.1. The molecule has 0 aliphatic rings. The second kappa shape index (κ2) is 9.05. The summed E-state index contributed by atoms with van der Waals surface area (Å²) in [6.45, 7) is 1.48. The number of carboxylic acid groups (broad SMARTS) is 1. The van der Waals surface area contributed by atoms with E-state index in [9.17, 15) is 4.79 Å². The predicted molar refractivity (Wildman–Crippen MR) is 80.7 cm³/mol. The molecule has 0 unspecified atom stereocenters. The quantitative estimate of drug-likeness (QED) is 0.711. The Balaban J connectivity index is 2.77. The fraction of sp³-hybridized carbons (Fsp3) is 0.500. The third-order valence-corrected chi connectivity index (χ3v) is 3.22. The van der Waals surface area contributed by atoms with Crippen LogP contribution in [0.5, 0.6) is 0 Å². The molecule has 0 aromatic heterocycles. The summed E-state index contributed by atoms with van der Waals surface area (Å²) in [6.07, 6.45) is 1.59. The van der Waals surface area contributed by atoms with Crippen LogP contribution in [0.3, 0.4) is 0 Å². The zero-order valence-electron chi connectivity index (χ0n) is 10.8. The zero-order valence-corrected chi connectivity index (χ0v) is 12.3. The average molecular weight is 304 g/mol. The van der Waals surface area contributed by atoms with Gasteiger partial charge in [0.1, 0.15) is 0 Å². The Morgan fingerprint density at radius 1 is 1.16 bits per heavy atom. The van der Waals surface area contributed by atoms with Crippen LogP contribution in [0.1, 0.15) is 18.4 Å². The molecule has 19 heavy (non-hydrogen) atoms. The molecule has 0 spiro atoms. The van der Waals surface area contributed by atoms with Gasteiger partial charge in [0.15, 0.2) is 0 Å². The molecule has 0 fully saturated rings. The third-order valence-electron chi connectivity index (χ3n) is 2.88. The molecule has 0 saturated heterocycles. The van der Waals surface area contributed by atoms with Gasteiger partial charge < -0.3 is 10.0 Å². The number of carboxylic acids is 1. The van der Waals surface area contributed by atoms with Crippen LogP contribution in [0.2, 0.25) is 0 Å². The van der Waals surface area contributed by atoms with E-state index in [-0.39, 0.29) is 6.42 Å². The third kappa shape index (κ3) is 5.70. The first kappa shape index (κ1) is 16.1. The van der Waals surface area contributed by atoms with Crippen molar-refractivity contribution in [2.75, 3.05) is 29.7 Å². The topological polar surface area (TPSA) is 40.5 Å². The minimum atomic E-state index is -0.754. The van der Waals surface area contributed by atoms with Crippen LogP contribution < -0.4 is 4.90 Å². The van der Waals surface area contributed by atoms with Gasteiger partial charge in [-0.25, -0.2) is 0 Å². The van der Waals surface area contributed by atoms with Crippen molar-refractivity contribution in [1.29, 1.82) is 0 Å². The SMILES string of the molecule is O=C(O)CCCc1ccccc1N(CCCl)CCCl. The Morgan fingerprint density at radius 2 is 1.79 bits per heavy atom. The predicted octanol–water partition coefficient (Wildman–Crippen LogP) is 3.38. The van der Waals surface area contributed by atoms with Gasteiger partial charge in [0.25, 0.3) is 0 Å². The number of benzene rings is 1. The number of hydrogen-bond donors (Lipinski definition) is 1. The van der Waals surface area contributed by atoms with Gasteiger partial charge in [-0.2, -0.15) is 0 Å². The highest BCUT2D eigenvalue weighted by Gasteiger charge is 2.10. The number of aliphatic carboxylic acids is 1. The first-order valence-corrected chi connectivity index (χ1v) is 7.42. The van der Waals surface area contributed by atoms with Crippen molar-refractivity contribution < 1.29 is 9.90 Å². The summed E-state index contributed by atoms with van der Waals surface area (Å²) in [6, 6.07) is 8.02. The Hall–Kier alpha value is -0.930. The molecule has 0 aliphatic heterocycles. The number of anilines is 1. The summed E-state index contributed by atoms with van der Waals surface area (Å²) >= 11 is 11.6. The van der Waals surface area contributed by atoms with E-state index < -0.39 is 5.97 Å². The van der Waals surface area contributed by atoms with Crippen molar-refractivity contribution >= 4 is 34.9 Å². The van der Waals surface area contributed by atoms with E-state index in [4.69, 9.17) is 28.3 Å². The molecule has 1 rings (SSSR count). The second-order valence-electron chi connectivity index (χ2n) is 4.24. The van der Waals surface area contributed by atoms with Crippen molar-refractivity contribution in [2.45, 2.75) is 19.3 Å². The molecule has 0 radical (unpaired) electrons. The number of hydrogen-bond acceptors (Lipinski definition) is 2. The van der Waals surface area contributed by atoms with Crippen LogP contribution in [-0.4, -0.2) is 35.9 Å². The summed E-state index contributed by atoms with van der Waals surface area (Å²) in [7, 11) is 0. The Kier molecular flexibility index (Phi) is 7.68. The van der Waals surface area contributed by atoms with Gasteiger partial charge in [-0.1, -0.05) is 18.2 Å². The lowest BCUT2D eigenvalue weighted by molar-refractivity contribution is -0.137. The molecule has 0 aliphatic carbocycles. The molecule has 0 atom stereocenters. The van der Waals surface area contributed by atoms with Crippen LogP contribution in [0.4, 0.5) is 5.69 Å². The van der Waals surface area contributed by atoms with E-state index in [1.165, 1.54) is 0 Å². The fourth-order valence-electron chi connectivity index (χ4n) is 2.02. The normalized spacial score (nSPS) is 10.4. The molecule has 1 aromatic carbocycles. The summed E-state index contributed by atoms with van der Waals surface area (Å²) in [4.78, 5) is 12.7. The Bertz CT molecular complexity index is 393. The monoisotopic (exact) mass is 303 g/mol. The lowest BCUT2D eigenvalue weighted by Gasteiger charge is -2.25. The smallest absolute Gasteiger partial charge is 0.303 e. The number of alkyl halides is 2. The average Bonchev–Trinajstić information content (AvgIpc) is 2.39. The van der Waals surface area contributed by atoms with E-state index in [1.54, 1.807) is 0 Å². The van der Waals surface area contributed by atoms with Crippen LogP contribution in [0, 0.1) is 0 Å². The second-order valence-corrected chi connectivity index (χ2v) is 5.00. The summed E-state index contributed by atoms with van der Waals surface area (Å²) < 4.78 is 0. The molecule has 0 amide bonds. The highest BCUT2D eigenvalue weighted by Crippen LogP contribution is 2.22. The highest BCUT2D eigenvalue weighted by atomic mass is 35.5. The minimum Gasteiger partial charge on any atom is -0.481 e. The lowest BCUT2D eigenvalue weighted by Crippen LogP contribution is -2.28. The molecule has 1 N–H and O–H groups in total. The molecular weight excluding hydrogens is 285 g/mol. The van der Waals surface area contributed by atoms with Crippen molar-refractivity contribution in [3.63, 3.8) is 0 Å².